The first kappa shape index (κ1) is 24.6. The minimum absolute atomic E-state index is 0.201. The first-order chi connectivity index (χ1) is 20.0. The van der Waals surface area contributed by atoms with Crippen LogP contribution in [-0.2, 0) is 5.41 Å². The molecule has 0 saturated heterocycles. The normalized spacial score (nSPS) is 12.8. The minimum atomic E-state index is -0.201. The van der Waals surface area contributed by atoms with E-state index in [1.165, 1.54) is 11.1 Å². The van der Waals surface area contributed by atoms with Crippen molar-refractivity contribution in [3.63, 3.8) is 0 Å². The van der Waals surface area contributed by atoms with Gasteiger partial charge in [0.1, 0.15) is 5.69 Å². The predicted octanol–water partition coefficient (Wildman–Crippen LogP) is 8.11. The number of nitriles is 1. The Hall–Kier alpha value is -5.47. The van der Waals surface area contributed by atoms with E-state index < -0.39 is 0 Å². The predicted molar refractivity (Wildman–Crippen MR) is 162 cm³/mol. The van der Waals surface area contributed by atoms with Crippen LogP contribution in [0.25, 0.3) is 56.5 Å². The molecule has 0 amide bonds. The van der Waals surface area contributed by atoms with Gasteiger partial charge in [0.25, 0.3) is 0 Å². The molecule has 0 bridgehead atoms. The Morgan fingerprint density at radius 3 is 1.83 bits per heavy atom. The van der Waals surface area contributed by atoms with E-state index in [0.717, 1.165) is 38.9 Å². The Kier molecular flexibility index (Phi) is 5.76. The lowest BCUT2D eigenvalue weighted by atomic mass is 9.81. The first-order valence-electron chi connectivity index (χ1n) is 13.5. The number of aromatic nitrogens is 4. The average Bonchev–Trinajstić information content (AvgIpc) is 3.27. The molecule has 0 radical (unpaired) electrons. The highest BCUT2D eigenvalue weighted by atomic mass is 15.0. The number of hydrogen-bond donors (Lipinski definition) is 0. The fourth-order valence-electron chi connectivity index (χ4n) is 5.68. The molecule has 0 N–H and O–H groups in total. The molecule has 0 unspecified atom stereocenters. The summed E-state index contributed by atoms with van der Waals surface area (Å²) < 4.78 is 0. The summed E-state index contributed by atoms with van der Waals surface area (Å²) in [7, 11) is 0. The number of fused-ring (bicyclic) bond motifs is 3. The highest BCUT2D eigenvalue weighted by molar-refractivity contribution is 5.87. The van der Waals surface area contributed by atoms with Crippen LogP contribution in [0.4, 0.5) is 0 Å². The third kappa shape index (κ3) is 4.18. The molecule has 0 atom stereocenters. The highest BCUT2D eigenvalue weighted by Crippen LogP contribution is 2.50. The molecular weight excluding hydrogens is 502 g/mol. The van der Waals surface area contributed by atoms with E-state index in [2.05, 4.69) is 50.2 Å². The Morgan fingerprint density at radius 2 is 1.22 bits per heavy atom. The van der Waals surface area contributed by atoms with Crippen LogP contribution >= 0.6 is 0 Å². The highest BCUT2D eigenvalue weighted by Gasteiger charge is 2.37. The summed E-state index contributed by atoms with van der Waals surface area (Å²) in [6, 6.07) is 38.7. The maximum atomic E-state index is 9.74. The van der Waals surface area contributed by atoms with Crippen molar-refractivity contribution in [2.45, 2.75) is 19.3 Å². The fraction of sp³-hybridized carbons (Fsp3) is 0.0833. The van der Waals surface area contributed by atoms with Gasteiger partial charge in [-0.15, -0.1) is 0 Å². The van der Waals surface area contributed by atoms with Gasteiger partial charge in [-0.05, 0) is 40.5 Å². The summed E-state index contributed by atoms with van der Waals surface area (Å²) in [5.41, 5.74) is 9.71. The SMILES string of the molecule is CC1(C)c2cc(-c3ccc(-c4nc(-c5ccccc5)nc(-c5ccccc5)n4)nc3)ccc2-c2c(C#N)cccc21. The molecule has 6 aromatic rings. The molecule has 41 heavy (non-hydrogen) atoms. The van der Waals surface area contributed by atoms with Gasteiger partial charge >= 0.3 is 0 Å². The summed E-state index contributed by atoms with van der Waals surface area (Å²) in [4.78, 5) is 19.2. The second-order valence-corrected chi connectivity index (χ2v) is 10.7. The second kappa shape index (κ2) is 9.62. The van der Waals surface area contributed by atoms with E-state index in [0.29, 0.717) is 23.2 Å². The smallest absolute Gasteiger partial charge is 0.182 e. The summed E-state index contributed by atoms with van der Waals surface area (Å²) in [5, 5.41) is 9.74. The van der Waals surface area contributed by atoms with Gasteiger partial charge in [-0.2, -0.15) is 5.26 Å². The Bertz CT molecular complexity index is 1900. The zero-order valence-corrected chi connectivity index (χ0v) is 22.7. The molecule has 0 spiro atoms. The zero-order chi connectivity index (χ0) is 28.0. The van der Waals surface area contributed by atoms with Gasteiger partial charge in [-0.3, -0.25) is 4.98 Å². The van der Waals surface area contributed by atoms with E-state index in [1.54, 1.807) is 0 Å². The first-order valence-corrected chi connectivity index (χ1v) is 13.5. The molecule has 2 heterocycles. The lowest BCUT2D eigenvalue weighted by Crippen LogP contribution is -2.15. The van der Waals surface area contributed by atoms with Crippen LogP contribution in [0.3, 0.4) is 0 Å². The third-order valence-electron chi connectivity index (χ3n) is 7.85. The van der Waals surface area contributed by atoms with Crippen molar-refractivity contribution in [2.24, 2.45) is 0 Å². The van der Waals surface area contributed by atoms with Crippen molar-refractivity contribution < 1.29 is 0 Å². The number of pyridine rings is 1. The van der Waals surface area contributed by atoms with Gasteiger partial charge in [0.05, 0.1) is 11.6 Å². The van der Waals surface area contributed by atoms with Gasteiger partial charge in [0.2, 0.25) is 0 Å². The third-order valence-corrected chi connectivity index (χ3v) is 7.85. The lowest BCUT2D eigenvalue weighted by molar-refractivity contribution is 0.660. The number of benzene rings is 4. The molecule has 1 aliphatic carbocycles. The molecule has 0 aliphatic heterocycles. The van der Waals surface area contributed by atoms with Crippen molar-refractivity contribution in [1.82, 2.24) is 19.9 Å². The maximum Gasteiger partial charge on any atom is 0.182 e. The summed E-state index contributed by atoms with van der Waals surface area (Å²) in [6.45, 7) is 4.44. The van der Waals surface area contributed by atoms with Crippen LogP contribution in [0.1, 0.15) is 30.5 Å². The molecule has 5 heteroatoms. The van der Waals surface area contributed by atoms with Gasteiger partial charge in [0.15, 0.2) is 17.5 Å². The number of nitrogens with zero attached hydrogens (tertiary/aromatic N) is 5. The molecule has 7 rings (SSSR count). The van der Waals surface area contributed by atoms with Crippen LogP contribution in [0.5, 0.6) is 0 Å². The van der Waals surface area contributed by atoms with E-state index in [1.807, 2.05) is 85.1 Å². The van der Waals surface area contributed by atoms with Crippen LogP contribution < -0.4 is 0 Å². The van der Waals surface area contributed by atoms with Crippen molar-refractivity contribution in [3.8, 4) is 62.6 Å². The summed E-state index contributed by atoms with van der Waals surface area (Å²) in [6.07, 6.45) is 1.88. The van der Waals surface area contributed by atoms with Crippen molar-refractivity contribution >= 4 is 0 Å². The van der Waals surface area contributed by atoms with E-state index in [-0.39, 0.29) is 5.41 Å². The topological polar surface area (TPSA) is 75.3 Å². The average molecular weight is 528 g/mol. The minimum Gasteiger partial charge on any atom is -0.252 e. The second-order valence-electron chi connectivity index (χ2n) is 10.7. The van der Waals surface area contributed by atoms with Gasteiger partial charge in [-0.25, -0.2) is 15.0 Å². The van der Waals surface area contributed by atoms with E-state index in [9.17, 15) is 5.26 Å². The van der Waals surface area contributed by atoms with Gasteiger partial charge < -0.3 is 0 Å². The van der Waals surface area contributed by atoms with E-state index in [4.69, 9.17) is 19.9 Å². The van der Waals surface area contributed by atoms with Gasteiger partial charge in [0, 0.05) is 33.9 Å². The fourth-order valence-corrected chi connectivity index (χ4v) is 5.68. The zero-order valence-electron chi connectivity index (χ0n) is 22.7. The van der Waals surface area contributed by atoms with Gasteiger partial charge in [-0.1, -0.05) is 105 Å². The largest absolute Gasteiger partial charge is 0.252 e. The standard InChI is InChI=1S/C36H25N5/c1-36(2)29-15-9-14-26(21-37)32(29)28-18-16-25(20-30(28)36)27-17-19-31(38-22-27)35-40-33(23-10-5-3-6-11-23)39-34(41-35)24-12-7-4-8-13-24/h3-20,22H,1-2H3. The molecule has 4 aromatic carbocycles. The molecule has 1 aliphatic rings. The van der Waals surface area contributed by atoms with Crippen molar-refractivity contribution in [1.29, 1.82) is 5.26 Å². The van der Waals surface area contributed by atoms with Crippen LogP contribution in [0.2, 0.25) is 0 Å². The molecular formula is C36H25N5. The molecule has 194 valence electrons. The monoisotopic (exact) mass is 527 g/mol. The van der Waals surface area contributed by atoms with E-state index >= 15 is 0 Å². The number of hydrogen-bond acceptors (Lipinski definition) is 5. The molecule has 0 saturated carbocycles. The Morgan fingerprint density at radius 1 is 0.585 bits per heavy atom. The summed E-state index contributed by atoms with van der Waals surface area (Å²) >= 11 is 0. The molecule has 2 aromatic heterocycles. The maximum absolute atomic E-state index is 9.74. The molecule has 5 nitrogen and oxygen atoms in total. The Balaban J connectivity index is 1.28. The van der Waals surface area contributed by atoms with Crippen LogP contribution in [-0.4, -0.2) is 19.9 Å². The van der Waals surface area contributed by atoms with Crippen molar-refractivity contribution in [3.05, 3.63) is 132 Å². The lowest BCUT2D eigenvalue weighted by Gasteiger charge is -2.22. The van der Waals surface area contributed by atoms with Crippen LogP contribution in [0, 0.1) is 11.3 Å². The summed E-state index contributed by atoms with van der Waals surface area (Å²) in [5.74, 6) is 1.74. The van der Waals surface area contributed by atoms with Crippen molar-refractivity contribution in [2.75, 3.05) is 0 Å². The number of rotatable bonds is 4. The van der Waals surface area contributed by atoms with Crippen LogP contribution in [0.15, 0.2) is 115 Å². The quantitative estimate of drug-likeness (QED) is 0.231. The molecule has 0 fully saturated rings. The Labute approximate surface area is 238 Å².